The van der Waals surface area contributed by atoms with Crippen molar-refractivity contribution in [1.82, 2.24) is 5.32 Å². The Kier molecular flexibility index (Phi) is 3.53. The van der Waals surface area contributed by atoms with Crippen molar-refractivity contribution in [3.05, 3.63) is 0 Å². The SMILES string of the molecule is CNCC(C)(O)CC1CCCC1. The van der Waals surface area contributed by atoms with Gasteiger partial charge in [-0.1, -0.05) is 25.7 Å². The highest BCUT2D eigenvalue weighted by Crippen LogP contribution is 2.31. The van der Waals surface area contributed by atoms with Crippen LogP contribution >= 0.6 is 0 Å². The van der Waals surface area contributed by atoms with Crippen molar-refractivity contribution in [1.29, 1.82) is 0 Å². The summed E-state index contributed by atoms with van der Waals surface area (Å²) in [5.74, 6) is 0.772. The summed E-state index contributed by atoms with van der Waals surface area (Å²) in [6, 6.07) is 0. The lowest BCUT2D eigenvalue weighted by atomic mass is 9.91. The van der Waals surface area contributed by atoms with Crippen molar-refractivity contribution in [2.45, 2.75) is 44.6 Å². The van der Waals surface area contributed by atoms with Crippen LogP contribution in [-0.2, 0) is 0 Å². The van der Waals surface area contributed by atoms with Gasteiger partial charge in [-0.25, -0.2) is 0 Å². The zero-order chi connectivity index (χ0) is 9.03. The van der Waals surface area contributed by atoms with Gasteiger partial charge in [0.25, 0.3) is 0 Å². The van der Waals surface area contributed by atoms with E-state index < -0.39 is 5.60 Å². The van der Waals surface area contributed by atoms with E-state index in [0.29, 0.717) is 6.54 Å². The smallest absolute Gasteiger partial charge is 0.0746 e. The maximum atomic E-state index is 9.91. The molecule has 2 nitrogen and oxygen atoms in total. The van der Waals surface area contributed by atoms with Gasteiger partial charge in [0.2, 0.25) is 0 Å². The molecule has 0 aliphatic heterocycles. The average molecular weight is 171 g/mol. The molecule has 1 rings (SSSR count). The molecule has 72 valence electrons. The first kappa shape index (κ1) is 10.0. The van der Waals surface area contributed by atoms with Gasteiger partial charge >= 0.3 is 0 Å². The second-order valence-corrected chi connectivity index (χ2v) is 4.38. The molecule has 0 heterocycles. The fourth-order valence-electron chi connectivity index (χ4n) is 2.29. The first-order valence-electron chi connectivity index (χ1n) is 5.01. The molecule has 0 aromatic rings. The average Bonchev–Trinajstić information content (AvgIpc) is 2.38. The van der Waals surface area contributed by atoms with Gasteiger partial charge < -0.3 is 10.4 Å². The molecule has 0 radical (unpaired) electrons. The van der Waals surface area contributed by atoms with Crippen LogP contribution in [0.15, 0.2) is 0 Å². The summed E-state index contributed by atoms with van der Waals surface area (Å²) in [6.45, 7) is 2.64. The molecule has 1 aliphatic rings. The maximum Gasteiger partial charge on any atom is 0.0746 e. The predicted molar refractivity (Wildman–Crippen MR) is 51.1 cm³/mol. The van der Waals surface area contributed by atoms with Crippen LogP contribution in [0.2, 0.25) is 0 Å². The standard InChI is InChI=1S/C10H21NO/c1-10(12,8-11-2)7-9-5-3-4-6-9/h9,11-12H,3-8H2,1-2H3. The van der Waals surface area contributed by atoms with Gasteiger partial charge in [-0.05, 0) is 26.3 Å². The lowest BCUT2D eigenvalue weighted by Gasteiger charge is -2.26. The van der Waals surface area contributed by atoms with Crippen molar-refractivity contribution in [2.75, 3.05) is 13.6 Å². The second kappa shape index (κ2) is 4.24. The molecular formula is C10H21NO. The Balaban J connectivity index is 2.27. The number of hydrogen-bond donors (Lipinski definition) is 2. The molecule has 12 heavy (non-hydrogen) atoms. The Labute approximate surface area is 75.4 Å². The summed E-state index contributed by atoms with van der Waals surface area (Å²) in [4.78, 5) is 0. The topological polar surface area (TPSA) is 32.3 Å². The summed E-state index contributed by atoms with van der Waals surface area (Å²) >= 11 is 0. The third-order valence-corrected chi connectivity index (χ3v) is 2.76. The first-order valence-corrected chi connectivity index (χ1v) is 5.01. The van der Waals surface area contributed by atoms with Gasteiger partial charge in [0, 0.05) is 6.54 Å². The molecular weight excluding hydrogens is 150 g/mol. The molecule has 0 aromatic heterocycles. The highest BCUT2D eigenvalue weighted by atomic mass is 16.3. The zero-order valence-corrected chi connectivity index (χ0v) is 8.27. The van der Waals surface area contributed by atoms with E-state index in [1.54, 1.807) is 0 Å². The van der Waals surface area contributed by atoms with Crippen LogP contribution in [0.5, 0.6) is 0 Å². The van der Waals surface area contributed by atoms with Crippen LogP contribution in [0, 0.1) is 5.92 Å². The molecule has 1 saturated carbocycles. The summed E-state index contributed by atoms with van der Waals surface area (Å²) < 4.78 is 0. The Morgan fingerprint density at radius 1 is 1.42 bits per heavy atom. The third kappa shape index (κ3) is 3.11. The number of aliphatic hydroxyl groups is 1. The zero-order valence-electron chi connectivity index (χ0n) is 8.27. The fraction of sp³-hybridized carbons (Fsp3) is 1.00. The summed E-state index contributed by atoms with van der Waals surface area (Å²) in [6.07, 6.45) is 6.33. The predicted octanol–water partition coefficient (Wildman–Crippen LogP) is 1.54. The van der Waals surface area contributed by atoms with Crippen LogP contribution in [0.1, 0.15) is 39.0 Å². The summed E-state index contributed by atoms with van der Waals surface area (Å²) in [7, 11) is 1.89. The van der Waals surface area contributed by atoms with E-state index in [4.69, 9.17) is 0 Å². The quantitative estimate of drug-likeness (QED) is 0.672. The molecule has 1 aliphatic carbocycles. The van der Waals surface area contributed by atoms with Crippen LogP contribution in [0.4, 0.5) is 0 Å². The lowest BCUT2D eigenvalue weighted by molar-refractivity contribution is 0.0365. The Bertz CT molecular complexity index is 128. The van der Waals surface area contributed by atoms with Gasteiger partial charge in [0.05, 0.1) is 5.60 Å². The lowest BCUT2D eigenvalue weighted by Crippen LogP contribution is -2.37. The molecule has 0 spiro atoms. The van der Waals surface area contributed by atoms with E-state index in [-0.39, 0.29) is 0 Å². The van der Waals surface area contributed by atoms with Crippen molar-refractivity contribution in [3.8, 4) is 0 Å². The fourth-order valence-corrected chi connectivity index (χ4v) is 2.29. The molecule has 0 saturated heterocycles. The highest BCUT2D eigenvalue weighted by Gasteiger charge is 2.26. The van der Waals surface area contributed by atoms with Gasteiger partial charge in [0.15, 0.2) is 0 Å². The molecule has 1 unspecified atom stereocenters. The van der Waals surface area contributed by atoms with Crippen LogP contribution in [-0.4, -0.2) is 24.3 Å². The number of likely N-dealkylation sites (N-methyl/N-ethyl adjacent to an activating group) is 1. The monoisotopic (exact) mass is 171 g/mol. The number of nitrogens with one attached hydrogen (secondary N) is 1. The van der Waals surface area contributed by atoms with E-state index in [2.05, 4.69) is 5.32 Å². The third-order valence-electron chi connectivity index (χ3n) is 2.76. The molecule has 0 aromatic carbocycles. The summed E-state index contributed by atoms with van der Waals surface area (Å²) in [5, 5.41) is 12.9. The van der Waals surface area contributed by atoms with E-state index in [1.807, 2.05) is 14.0 Å². The van der Waals surface area contributed by atoms with Gasteiger partial charge in [-0.3, -0.25) is 0 Å². The number of hydrogen-bond acceptors (Lipinski definition) is 2. The molecule has 0 amide bonds. The van der Waals surface area contributed by atoms with Crippen molar-refractivity contribution in [2.24, 2.45) is 5.92 Å². The van der Waals surface area contributed by atoms with Crippen molar-refractivity contribution >= 4 is 0 Å². The molecule has 2 heteroatoms. The minimum atomic E-state index is -0.496. The molecule has 1 atom stereocenters. The Morgan fingerprint density at radius 3 is 2.50 bits per heavy atom. The van der Waals surface area contributed by atoms with Gasteiger partial charge in [-0.2, -0.15) is 0 Å². The van der Waals surface area contributed by atoms with E-state index >= 15 is 0 Å². The van der Waals surface area contributed by atoms with Crippen LogP contribution < -0.4 is 5.32 Å². The van der Waals surface area contributed by atoms with Crippen molar-refractivity contribution in [3.63, 3.8) is 0 Å². The first-order chi connectivity index (χ1) is 5.64. The van der Waals surface area contributed by atoms with Gasteiger partial charge in [-0.15, -0.1) is 0 Å². The maximum absolute atomic E-state index is 9.91. The Morgan fingerprint density at radius 2 is 2.00 bits per heavy atom. The second-order valence-electron chi connectivity index (χ2n) is 4.38. The van der Waals surface area contributed by atoms with Crippen LogP contribution in [0.25, 0.3) is 0 Å². The van der Waals surface area contributed by atoms with E-state index in [9.17, 15) is 5.11 Å². The van der Waals surface area contributed by atoms with E-state index in [0.717, 1.165) is 12.3 Å². The normalized spacial score (nSPS) is 24.2. The van der Waals surface area contributed by atoms with Gasteiger partial charge in [0.1, 0.15) is 0 Å². The van der Waals surface area contributed by atoms with Crippen LogP contribution in [0.3, 0.4) is 0 Å². The highest BCUT2D eigenvalue weighted by molar-refractivity contribution is 4.80. The minimum Gasteiger partial charge on any atom is -0.389 e. The molecule has 1 fully saturated rings. The van der Waals surface area contributed by atoms with Crippen molar-refractivity contribution < 1.29 is 5.11 Å². The Hall–Kier alpha value is -0.0800. The number of rotatable bonds is 4. The minimum absolute atomic E-state index is 0.496. The van der Waals surface area contributed by atoms with E-state index in [1.165, 1.54) is 25.7 Å². The largest absolute Gasteiger partial charge is 0.389 e. The molecule has 2 N–H and O–H groups in total. The summed E-state index contributed by atoms with van der Waals surface area (Å²) in [5.41, 5.74) is -0.496. The molecule has 0 bridgehead atoms.